The zero-order chi connectivity index (χ0) is 17.4. The van der Waals surface area contributed by atoms with Gasteiger partial charge in [0.1, 0.15) is 11.2 Å². The first-order valence-electron chi connectivity index (χ1n) is 7.90. The van der Waals surface area contributed by atoms with E-state index in [-0.39, 0.29) is 17.5 Å². The molecule has 0 bridgehead atoms. The number of pyridine rings is 1. The minimum absolute atomic E-state index is 0.0416. The number of nitrogens with one attached hydrogen (secondary N) is 1. The predicted molar refractivity (Wildman–Crippen MR) is 89.9 cm³/mol. The predicted octanol–water partition coefficient (Wildman–Crippen LogP) is 3.02. The van der Waals surface area contributed by atoms with Crippen molar-refractivity contribution in [1.29, 1.82) is 0 Å². The SMILES string of the molecule is COC(=O)c1cc(-c2nc3cc(NC(=O)C4CC4)ccc3o2)ccn1. The first-order valence-corrected chi connectivity index (χ1v) is 7.90. The molecule has 2 heterocycles. The number of ether oxygens (including phenoxy) is 1. The van der Waals surface area contributed by atoms with E-state index in [1.54, 1.807) is 30.3 Å². The van der Waals surface area contributed by atoms with Crippen molar-refractivity contribution >= 4 is 28.7 Å². The Kier molecular flexibility index (Phi) is 3.68. The number of aromatic nitrogens is 2. The number of fused-ring (bicyclic) bond motifs is 1. The van der Waals surface area contributed by atoms with E-state index >= 15 is 0 Å². The third-order valence-corrected chi connectivity index (χ3v) is 4.00. The van der Waals surface area contributed by atoms with Crippen LogP contribution in [-0.4, -0.2) is 29.0 Å². The van der Waals surface area contributed by atoms with Crippen molar-refractivity contribution in [2.75, 3.05) is 12.4 Å². The Morgan fingerprint density at radius 3 is 2.84 bits per heavy atom. The maximum Gasteiger partial charge on any atom is 0.356 e. The van der Waals surface area contributed by atoms with Crippen molar-refractivity contribution in [1.82, 2.24) is 9.97 Å². The van der Waals surface area contributed by atoms with E-state index in [4.69, 9.17) is 4.42 Å². The van der Waals surface area contributed by atoms with Crippen molar-refractivity contribution in [3.8, 4) is 11.5 Å². The number of hydrogen-bond donors (Lipinski definition) is 1. The second kappa shape index (κ2) is 6.01. The van der Waals surface area contributed by atoms with Crippen LogP contribution in [0.1, 0.15) is 23.3 Å². The number of esters is 1. The monoisotopic (exact) mass is 337 g/mol. The molecule has 1 amide bonds. The second-order valence-corrected chi connectivity index (χ2v) is 5.89. The van der Waals surface area contributed by atoms with Gasteiger partial charge in [-0.2, -0.15) is 0 Å². The highest BCUT2D eigenvalue weighted by Crippen LogP contribution is 2.31. The highest BCUT2D eigenvalue weighted by atomic mass is 16.5. The molecule has 2 aromatic heterocycles. The summed E-state index contributed by atoms with van der Waals surface area (Å²) in [7, 11) is 1.30. The smallest absolute Gasteiger partial charge is 0.356 e. The number of methoxy groups -OCH3 is 1. The zero-order valence-electron chi connectivity index (χ0n) is 13.5. The maximum atomic E-state index is 11.9. The molecule has 1 aliphatic carbocycles. The normalized spacial score (nSPS) is 13.6. The summed E-state index contributed by atoms with van der Waals surface area (Å²) in [5.41, 5.74) is 2.71. The van der Waals surface area contributed by atoms with Crippen LogP contribution in [0.25, 0.3) is 22.6 Å². The van der Waals surface area contributed by atoms with Crippen LogP contribution in [0.3, 0.4) is 0 Å². The van der Waals surface area contributed by atoms with Gasteiger partial charge in [0.05, 0.1) is 7.11 Å². The highest BCUT2D eigenvalue weighted by Gasteiger charge is 2.29. The summed E-state index contributed by atoms with van der Waals surface area (Å²) in [5, 5.41) is 2.88. The molecule has 1 N–H and O–H groups in total. The van der Waals surface area contributed by atoms with Gasteiger partial charge >= 0.3 is 5.97 Å². The van der Waals surface area contributed by atoms with Gasteiger partial charge in [-0.3, -0.25) is 4.79 Å². The molecule has 7 heteroatoms. The lowest BCUT2D eigenvalue weighted by atomic mass is 10.2. The van der Waals surface area contributed by atoms with Gasteiger partial charge in [-0.1, -0.05) is 0 Å². The van der Waals surface area contributed by atoms with E-state index in [0.29, 0.717) is 28.2 Å². The Morgan fingerprint density at radius 1 is 1.24 bits per heavy atom. The third kappa shape index (κ3) is 3.08. The summed E-state index contributed by atoms with van der Waals surface area (Å²) < 4.78 is 10.4. The van der Waals surface area contributed by atoms with Crippen LogP contribution < -0.4 is 5.32 Å². The summed E-state index contributed by atoms with van der Waals surface area (Å²) in [5.74, 6) is 0.0216. The largest absolute Gasteiger partial charge is 0.464 e. The summed E-state index contributed by atoms with van der Waals surface area (Å²) in [6.45, 7) is 0. The molecule has 4 rings (SSSR count). The zero-order valence-corrected chi connectivity index (χ0v) is 13.5. The van der Waals surface area contributed by atoms with Crippen LogP contribution in [0.15, 0.2) is 40.9 Å². The van der Waals surface area contributed by atoms with E-state index in [9.17, 15) is 9.59 Å². The van der Waals surface area contributed by atoms with Crippen LogP contribution in [0.5, 0.6) is 0 Å². The minimum atomic E-state index is -0.525. The van der Waals surface area contributed by atoms with Crippen LogP contribution in [0, 0.1) is 5.92 Å². The summed E-state index contributed by atoms with van der Waals surface area (Å²) in [4.78, 5) is 31.9. The first kappa shape index (κ1) is 15.3. The Bertz CT molecular complexity index is 975. The Labute approximate surface area is 143 Å². The lowest BCUT2D eigenvalue weighted by Crippen LogP contribution is -2.12. The van der Waals surface area contributed by atoms with Gasteiger partial charge < -0.3 is 14.5 Å². The molecule has 1 aliphatic rings. The van der Waals surface area contributed by atoms with Crippen molar-refractivity contribution in [2.24, 2.45) is 5.92 Å². The molecule has 1 fully saturated rings. The quantitative estimate of drug-likeness (QED) is 0.735. The van der Waals surface area contributed by atoms with E-state index in [1.807, 2.05) is 0 Å². The second-order valence-electron chi connectivity index (χ2n) is 5.89. The Morgan fingerprint density at radius 2 is 2.08 bits per heavy atom. The third-order valence-electron chi connectivity index (χ3n) is 4.00. The Balaban J connectivity index is 1.64. The molecule has 25 heavy (non-hydrogen) atoms. The van der Waals surface area contributed by atoms with Crippen LogP contribution in [0.4, 0.5) is 5.69 Å². The van der Waals surface area contributed by atoms with Crippen molar-refractivity contribution in [3.05, 3.63) is 42.2 Å². The number of rotatable bonds is 4. The summed E-state index contributed by atoms with van der Waals surface area (Å²) in [6, 6.07) is 8.57. The Hall–Kier alpha value is -3.22. The minimum Gasteiger partial charge on any atom is -0.464 e. The molecule has 0 unspecified atom stereocenters. The van der Waals surface area contributed by atoms with Gasteiger partial charge in [0.2, 0.25) is 11.8 Å². The van der Waals surface area contributed by atoms with E-state index < -0.39 is 5.97 Å². The molecule has 126 valence electrons. The fourth-order valence-electron chi connectivity index (χ4n) is 2.50. The lowest BCUT2D eigenvalue weighted by Gasteiger charge is -2.02. The van der Waals surface area contributed by atoms with Crippen molar-refractivity contribution < 1.29 is 18.7 Å². The van der Waals surface area contributed by atoms with Gasteiger partial charge in [-0.25, -0.2) is 14.8 Å². The van der Waals surface area contributed by atoms with Crippen LogP contribution in [0.2, 0.25) is 0 Å². The maximum absolute atomic E-state index is 11.9. The summed E-state index contributed by atoms with van der Waals surface area (Å²) in [6.07, 6.45) is 3.40. The molecule has 0 aliphatic heterocycles. The van der Waals surface area contributed by atoms with E-state index in [0.717, 1.165) is 12.8 Å². The number of oxazole rings is 1. The molecule has 0 radical (unpaired) electrons. The number of anilines is 1. The molecule has 7 nitrogen and oxygen atoms in total. The standard InChI is InChI=1S/C18H15N3O4/c1-24-18(23)14-8-11(6-7-19-14)17-21-13-9-12(4-5-15(13)25-17)20-16(22)10-2-3-10/h4-10H,2-3H2,1H3,(H,20,22). The topological polar surface area (TPSA) is 94.3 Å². The fourth-order valence-corrected chi connectivity index (χ4v) is 2.50. The van der Waals surface area contributed by atoms with Crippen LogP contribution >= 0.6 is 0 Å². The number of amides is 1. The molecular formula is C18H15N3O4. The van der Waals surface area contributed by atoms with Crippen molar-refractivity contribution in [3.63, 3.8) is 0 Å². The molecule has 0 saturated heterocycles. The fraction of sp³-hybridized carbons (Fsp3) is 0.222. The molecule has 3 aromatic rings. The summed E-state index contributed by atoms with van der Waals surface area (Å²) >= 11 is 0. The van der Waals surface area contributed by atoms with Gasteiger partial charge in [0.25, 0.3) is 0 Å². The van der Waals surface area contributed by atoms with Crippen LogP contribution in [-0.2, 0) is 9.53 Å². The molecule has 1 aromatic carbocycles. The van der Waals surface area contributed by atoms with Crippen molar-refractivity contribution in [2.45, 2.75) is 12.8 Å². The molecule has 1 saturated carbocycles. The number of carbonyl (C=O) groups is 2. The average Bonchev–Trinajstić information content (AvgIpc) is 3.40. The van der Waals surface area contributed by atoms with Gasteiger partial charge in [-0.05, 0) is 43.2 Å². The average molecular weight is 337 g/mol. The number of hydrogen-bond acceptors (Lipinski definition) is 6. The highest BCUT2D eigenvalue weighted by molar-refractivity contribution is 5.95. The molecule has 0 atom stereocenters. The molecular weight excluding hydrogens is 322 g/mol. The molecule has 0 spiro atoms. The van der Waals surface area contributed by atoms with Gasteiger partial charge in [-0.15, -0.1) is 0 Å². The lowest BCUT2D eigenvalue weighted by molar-refractivity contribution is -0.117. The number of carbonyl (C=O) groups excluding carboxylic acids is 2. The van der Waals surface area contributed by atoms with E-state index in [1.165, 1.54) is 13.3 Å². The number of benzene rings is 1. The van der Waals surface area contributed by atoms with Gasteiger partial charge in [0.15, 0.2) is 5.58 Å². The number of nitrogens with zero attached hydrogens (tertiary/aromatic N) is 2. The van der Waals surface area contributed by atoms with E-state index in [2.05, 4.69) is 20.0 Å². The first-order chi connectivity index (χ1) is 12.1. The van der Waals surface area contributed by atoms with Gasteiger partial charge in [0, 0.05) is 23.4 Å².